The van der Waals surface area contributed by atoms with Gasteiger partial charge in [-0.3, -0.25) is 9.59 Å². The Balaban J connectivity index is 2.81. The summed E-state index contributed by atoms with van der Waals surface area (Å²) in [5.41, 5.74) is 4.69. The van der Waals surface area contributed by atoms with Crippen molar-refractivity contribution in [3.63, 3.8) is 0 Å². The van der Waals surface area contributed by atoms with E-state index in [0.29, 0.717) is 18.1 Å². The van der Waals surface area contributed by atoms with Crippen LogP contribution in [0.25, 0.3) is 0 Å². The zero-order chi connectivity index (χ0) is 10.6. The predicted octanol–water partition coefficient (Wildman–Crippen LogP) is -0.771. The van der Waals surface area contributed by atoms with Gasteiger partial charge >= 0.3 is 0 Å². The second-order valence-electron chi connectivity index (χ2n) is 2.75. The van der Waals surface area contributed by atoms with E-state index in [1.54, 1.807) is 0 Å². The Labute approximate surface area is 80.5 Å². The van der Waals surface area contributed by atoms with Gasteiger partial charge in [0, 0.05) is 12.5 Å². The van der Waals surface area contributed by atoms with Crippen molar-refractivity contribution in [2.75, 3.05) is 11.9 Å². The lowest BCUT2D eigenvalue weighted by Crippen LogP contribution is -2.23. The van der Waals surface area contributed by atoms with Gasteiger partial charge in [0.25, 0.3) is 5.56 Å². The van der Waals surface area contributed by atoms with Crippen LogP contribution in [-0.2, 0) is 11.2 Å². The third-order valence-electron chi connectivity index (χ3n) is 1.57. The first-order chi connectivity index (χ1) is 6.61. The number of carbonyl (C=O) groups excluding carboxylic acids is 1. The number of nitrogens with one attached hydrogen (secondary N) is 2. The number of aromatic nitrogens is 2. The van der Waals surface area contributed by atoms with E-state index in [0.717, 1.165) is 0 Å². The zero-order valence-electron chi connectivity index (χ0n) is 7.83. The van der Waals surface area contributed by atoms with Gasteiger partial charge in [-0.05, 0) is 0 Å². The Kier molecular flexibility index (Phi) is 3.22. The lowest BCUT2D eigenvalue weighted by atomic mass is 10.4. The van der Waals surface area contributed by atoms with E-state index in [1.807, 2.05) is 6.92 Å². The summed E-state index contributed by atoms with van der Waals surface area (Å²) in [4.78, 5) is 28.1. The quantitative estimate of drug-likeness (QED) is 0.588. The summed E-state index contributed by atoms with van der Waals surface area (Å²) in [6, 6.07) is 1.28. The van der Waals surface area contributed by atoms with Crippen LogP contribution in [0.15, 0.2) is 10.9 Å². The molecule has 0 aliphatic rings. The summed E-state index contributed by atoms with van der Waals surface area (Å²) in [6.07, 6.45) is 0.626. The molecule has 0 fully saturated rings. The van der Waals surface area contributed by atoms with Crippen molar-refractivity contribution < 1.29 is 4.79 Å². The molecule has 0 aliphatic heterocycles. The molecule has 0 saturated heterocycles. The molecule has 76 valence electrons. The summed E-state index contributed by atoms with van der Waals surface area (Å²) in [5.74, 6) is 0.444. The average molecular weight is 196 g/mol. The molecule has 0 aliphatic carbocycles. The zero-order valence-corrected chi connectivity index (χ0v) is 7.83. The maximum absolute atomic E-state index is 11.1. The number of hydrogen-bond acceptors (Lipinski definition) is 4. The molecule has 0 spiro atoms. The van der Waals surface area contributed by atoms with E-state index in [2.05, 4.69) is 15.3 Å². The van der Waals surface area contributed by atoms with Gasteiger partial charge in [-0.25, -0.2) is 4.98 Å². The molecule has 1 aromatic heterocycles. The van der Waals surface area contributed by atoms with E-state index in [9.17, 15) is 9.59 Å². The number of amides is 1. The summed E-state index contributed by atoms with van der Waals surface area (Å²) in [7, 11) is 0. The molecule has 6 heteroatoms. The minimum absolute atomic E-state index is 0.0282. The lowest BCUT2D eigenvalue weighted by Gasteiger charge is -2.03. The molecule has 14 heavy (non-hydrogen) atoms. The number of nitrogens with two attached hydrogens (primary N) is 1. The molecule has 1 aromatic rings. The van der Waals surface area contributed by atoms with Crippen LogP contribution in [0.3, 0.4) is 0 Å². The first kappa shape index (κ1) is 10.2. The third kappa shape index (κ3) is 2.89. The van der Waals surface area contributed by atoms with Crippen molar-refractivity contribution >= 4 is 11.7 Å². The first-order valence-corrected chi connectivity index (χ1v) is 4.24. The molecule has 1 rings (SSSR count). The Bertz CT molecular complexity index is 385. The average Bonchev–Trinajstić information content (AvgIpc) is 2.14. The fraction of sp³-hybridized carbons (Fsp3) is 0.375. The maximum Gasteiger partial charge on any atom is 0.252 e. The molecule has 0 bridgehead atoms. The molecule has 6 nitrogen and oxygen atoms in total. The number of rotatable bonds is 4. The highest BCUT2D eigenvalue weighted by molar-refractivity contribution is 5.78. The standard InChI is InChI=1S/C8H12N4O2/c1-2-6-11-7(3-8(14)12-6)10-4-5(9)13/h3H,2,4H2,1H3,(H2,9,13)(H2,10,11,12,14). The molecule has 0 saturated carbocycles. The van der Waals surface area contributed by atoms with E-state index >= 15 is 0 Å². The van der Waals surface area contributed by atoms with Crippen molar-refractivity contribution in [3.8, 4) is 0 Å². The first-order valence-electron chi connectivity index (χ1n) is 4.24. The minimum atomic E-state index is -0.495. The normalized spacial score (nSPS) is 9.79. The van der Waals surface area contributed by atoms with Gasteiger partial charge in [-0.1, -0.05) is 6.92 Å². The predicted molar refractivity (Wildman–Crippen MR) is 51.9 cm³/mol. The van der Waals surface area contributed by atoms with Crippen LogP contribution < -0.4 is 16.6 Å². The second-order valence-corrected chi connectivity index (χ2v) is 2.75. The van der Waals surface area contributed by atoms with Gasteiger partial charge in [0.2, 0.25) is 5.91 Å². The molecule has 4 N–H and O–H groups in total. The van der Waals surface area contributed by atoms with Crippen molar-refractivity contribution in [2.24, 2.45) is 5.73 Å². The molecule has 0 unspecified atom stereocenters. The van der Waals surface area contributed by atoms with E-state index in [-0.39, 0.29) is 12.1 Å². The van der Waals surface area contributed by atoms with Crippen LogP contribution in [0.5, 0.6) is 0 Å². The van der Waals surface area contributed by atoms with Crippen LogP contribution in [0, 0.1) is 0 Å². The van der Waals surface area contributed by atoms with Crippen LogP contribution in [0.4, 0.5) is 5.82 Å². The van der Waals surface area contributed by atoms with Crippen LogP contribution in [-0.4, -0.2) is 22.4 Å². The Morgan fingerprint density at radius 3 is 3.00 bits per heavy atom. The van der Waals surface area contributed by atoms with Crippen LogP contribution in [0.2, 0.25) is 0 Å². The van der Waals surface area contributed by atoms with E-state index in [1.165, 1.54) is 6.07 Å². The largest absolute Gasteiger partial charge is 0.368 e. The fourth-order valence-electron chi connectivity index (χ4n) is 0.944. The number of nitrogens with zero attached hydrogens (tertiary/aromatic N) is 1. The number of hydrogen-bond donors (Lipinski definition) is 3. The molecular weight excluding hydrogens is 184 g/mol. The monoisotopic (exact) mass is 196 g/mol. The van der Waals surface area contributed by atoms with Gasteiger partial charge in [-0.15, -0.1) is 0 Å². The smallest absolute Gasteiger partial charge is 0.252 e. The number of H-pyrrole nitrogens is 1. The number of primary amides is 1. The van der Waals surface area contributed by atoms with Gasteiger partial charge in [0.1, 0.15) is 11.6 Å². The van der Waals surface area contributed by atoms with Crippen LogP contribution in [0.1, 0.15) is 12.7 Å². The highest BCUT2D eigenvalue weighted by atomic mass is 16.1. The highest BCUT2D eigenvalue weighted by Gasteiger charge is 2.00. The molecule has 0 radical (unpaired) electrons. The Hall–Kier alpha value is -1.85. The summed E-state index contributed by atoms with van der Waals surface area (Å²) >= 11 is 0. The van der Waals surface area contributed by atoms with Gasteiger partial charge in [0.15, 0.2) is 0 Å². The number of aromatic amines is 1. The topological polar surface area (TPSA) is 101 Å². The summed E-state index contributed by atoms with van der Waals surface area (Å²) in [6.45, 7) is 1.84. The number of anilines is 1. The Morgan fingerprint density at radius 2 is 2.43 bits per heavy atom. The third-order valence-corrected chi connectivity index (χ3v) is 1.57. The van der Waals surface area contributed by atoms with E-state index in [4.69, 9.17) is 5.73 Å². The molecule has 0 aromatic carbocycles. The Morgan fingerprint density at radius 1 is 1.71 bits per heavy atom. The van der Waals surface area contributed by atoms with Crippen LogP contribution >= 0.6 is 0 Å². The fourth-order valence-corrected chi connectivity index (χ4v) is 0.944. The lowest BCUT2D eigenvalue weighted by molar-refractivity contribution is -0.116. The molecular formula is C8H12N4O2. The van der Waals surface area contributed by atoms with Crippen molar-refractivity contribution in [2.45, 2.75) is 13.3 Å². The van der Waals surface area contributed by atoms with Crippen molar-refractivity contribution in [1.82, 2.24) is 9.97 Å². The van der Waals surface area contributed by atoms with Crippen molar-refractivity contribution in [1.29, 1.82) is 0 Å². The van der Waals surface area contributed by atoms with Gasteiger partial charge in [0.05, 0.1) is 6.54 Å². The van der Waals surface area contributed by atoms with Gasteiger partial charge in [-0.2, -0.15) is 0 Å². The van der Waals surface area contributed by atoms with Crippen molar-refractivity contribution in [3.05, 3.63) is 22.2 Å². The maximum atomic E-state index is 11.1. The van der Waals surface area contributed by atoms with Gasteiger partial charge < -0.3 is 16.0 Å². The summed E-state index contributed by atoms with van der Waals surface area (Å²) < 4.78 is 0. The molecule has 0 atom stereocenters. The minimum Gasteiger partial charge on any atom is -0.368 e. The van der Waals surface area contributed by atoms with E-state index < -0.39 is 5.91 Å². The number of carbonyl (C=O) groups is 1. The number of aryl methyl sites for hydroxylation is 1. The molecule has 1 heterocycles. The SMILES string of the molecule is CCc1nc(NCC(N)=O)cc(=O)[nH]1. The molecule has 1 amide bonds. The highest BCUT2D eigenvalue weighted by Crippen LogP contribution is 1.97. The summed E-state index contributed by atoms with van der Waals surface area (Å²) in [5, 5.41) is 2.65. The second kappa shape index (κ2) is 4.40.